The van der Waals surface area contributed by atoms with E-state index in [2.05, 4.69) is 10.2 Å². The largest absolute Gasteiger partial charge is 0.378 e. The summed E-state index contributed by atoms with van der Waals surface area (Å²) in [6.07, 6.45) is 0.971. The van der Waals surface area contributed by atoms with Gasteiger partial charge in [0.15, 0.2) is 15.6 Å². The van der Waals surface area contributed by atoms with Gasteiger partial charge in [-0.3, -0.25) is 5.10 Å². The first-order valence-electron chi connectivity index (χ1n) is 6.56. The van der Waals surface area contributed by atoms with Crippen LogP contribution in [0.5, 0.6) is 5.75 Å². The van der Waals surface area contributed by atoms with Crippen molar-refractivity contribution in [1.29, 1.82) is 0 Å². The van der Waals surface area contributed by atoms with Crippen LogP contribution in [0.3, 0.4) is 0 Å². The van der Waals surface area contributed by atoms with Crippen LogP contribution in [0.15, 0.2) is 52.3 Å². The van der Waals surface area contributed by atoms with Crippen LogP contribution in [0.4, 0.5) is 0 Å². The summed E-state index contributed by atoms with van der Waals surface area (Å²) in [6.45, 7) is 0. The molecule has 7 nitrogen and oxygen atoms in total. The number of hydrogen-bond acceptors (Lipinski definition) is 6. The van der Waals surface area contributed by atoms with E-state index in [0.29, 0.717) is 10.9 Å². The third-order valence-electron chi connectivity index (χ3n) is 3.22. The molecule has 2 aromatic carbocycles. The number of aromatic nitrogens is 2. The number of fused-ring (bicyclic) bond motifs is 1. The molecule has 3 rings (SSSR count). The minimum Gasteiger partial charge on any atom is -0.378 e. The summed E-state index contributed by atoms with van der Waals surface area (Å²) in [5, 5.41) is 7.04. The maximum atomic E-state index is 12.5. The Morgan fingerprint density at radius 3 is 2.50 bits per heavy atom. The van der Waals surface area contributed by atoms with Crippen LogP contribution in [0.1, 0.15) is 0 Å². The Hall–Kier alpha value is -2.10. The van der Waals surface area contributed by atoms with Crippen LogP contribution in [0.25, 0.3) is 10.9 Å². The van der Waals surface area contributed by atoms with Gasteiger partial charge >= 0.3 is 10.1 Å². The van der Waals surface area contributed by atoms with Gasteiger partial charge in [-0.1, -0.05) is 23.7 Å². The number of sulfone groups is 1. The van der Waals surface area contributed by atoms with Crippen LogP contribution >= 0.6 is 11.6 Å². The zero-order chi connectivity index (χ0) is 17.5. The number of hydrogen-bond donors (Lipinski definition) is 1. The highest BCUT2D eigenvalue weighted by molar-refractivity contribution is 7.91. The van der Waals surface area contributed by atoms with E-state index in [4.69, 9.17) is 15.8 Å². The topological polar surface area (TPSA) is 106 Å². The minimum absolute atomic E-state index is 0.165. The number of halogens is 1. The Morgan fingerprint density at radius 2 is 1.79 bits per heavy atom. The molecule has 0 saturated carbocycles. The van der Waals surface area contributed by atoms with Crippen LogP contribution < -0.4 is 4.18 Å². The van der Waals surface area contributed by atoms with E-state index in [0.717, 1.165) is 6.26 Å². The lowest BCUT2D eigenvalue weighted by molar-refractivity contribution is 0.479. The van der Waals surface area contributed by atoms with Crippen molar-refractivity contribution in [3.63, 3.8) is 0 Å². The van der Waals surface area contributed by atoms with E-state index in [1.807, 2.05) is 0 Å². The number of benzene rings is 2. The lowest BCUT2D eigenvalue weighted by atomic mass is 10.3. The molecule has 0 radical (unpaired) electrons. The van der Waals surface area contributed by atoms with Crippen molar-refractivity contribution >= 4 is 42.5 Å². The zero-order valence-electron chi connectivity index (χ0n) is 12.2. The number of nitrogens with one attached hydrogen (secondary N) is 1. The maximum Gasteiger partial charge on any atom is 0.339 e. The molecule has 0 aliphatic rings. The Morgan fingerprint density at radius 1 is 1.08 bits per heavy atom. The number of para-hydroxylation sites is 1. The molecule has 0 saturated heterocycles. The zero-order valence-corrected chi connectivity index (χ0v) is 14.6. The molecule has 0 spiro atoms. The summed E-state index contributed by atoms with van der Waals surface area (Å²) in [5.74, 6) is -0.265. The molecule has 10 heteroatoms. The molecule has 0 unspecified atom stereocenters. The first kappa shape index (κ1) is 16.7. The Balaban J connectivity index is 2.07. The SMILES string of the molecule is CS(=O)(=O)c1ccccc1OS(=O)(=O)c1ccc2n[nH]c(Cl)c2c1. The summed E-state index contributed by atoms with van der Waals surface area (Å²) < 4.78 is 53.5. The summed E-state index contributed by atoms with van der Waals surface area (Å²) in [5.41, 5.74) is 0.496. The molecule has 0 atom stereocenters. The van der Waals surface area contributed by atoms with Crippen LogP contribution in [-0.2, 0) is 20.0 Å². The third kappa shape index (κ3) is 3.10. The molecule has 1 N–H and O–H groups in total. The summed E-state index contributed by atoms with van der Waals surface area (Å²) in [4.78, 5) is -0.377. The fourth-order valence-corrected chi connectivity index (χ4v) is 4.13. The van der Waals surface area contributed by atoms with Crippen LogP contribution in [0, 0.1) is 0 Å². The second-order valence-electron chi connectivity index (χ2n) is 4.97. The van der Waals surface area contributed by atoms with Gasteiger partial charge in [-0.15, -0.1) is 0 Å². The van der Waals surface area contributed by atoms with Crippen molar-refractivity contribution in [2.75, 3.05) is 6.26 Å². The summed E-state index contributed by atoms with van der Waals surface area (Å²) in [6, 6.07) is 9.59. The van der Waals surface area contributed by atoms with Gasteiger partial charge in [0.25, 0.3) is 0 Å². The molecule has 1 heterocycles. The molecule has 0 amide bonds. The van der Waals surface area contributed by atoms with Crippen LogP contribution in [-0.4, -0.2) is 33.3 Å². The van der Waals surface area contributed by atoms with Gasteiger partial charge in [0.1, 0.15) is 14.9 Å². The van der Waals surface area contributed by atoms with Crippen molar-refractivity contribution in [1.82, 2.24) is 10.2 Å². The van der Waals surface area contributed by atoms with E-state index in [1.54, 1.807) is 0 Å². The highest BCUT2D eigenvalue weighted by atomic mass is 35.5. The molecular formula is C14H11ClN2O5S2. The molecule has 0 aliphatic carbocycles. The standard InChI is InChI=1S/C14H11ClN2O5S2/c1-23(18,19)13-5-3-2-4-12(13)22-24(20,21)9-6-7-11-10(8-9)14(15)17-16-11/h2-8H,1H3,(H,16,17). The molecule has 0 aliphatic heterocycles. The lowest BCUT2D eigenvalue weighted by Gasteiger charge is -2.10. The van der Waals surface area contributed by atoms with E-state index in [-0.39, 0.29) is 20.7 Å². The van der Waals surface area contributed by atoms with Crippen molar-refractivity contribution in [2.24, 2.45) is 0 Å². The molecule has 0 bridgehead atoms. The molecule has 0 fully saturated rings. The Bertz CT molecular complexity index is 1140. The van der Waals surface area contributed by atoms with Gasteiger partial charge < -0.3 is 4.18 Å². The van der Waals surface area contributed by atoms with Crippen molar-refractivity contribution in [2.45, 2.75) is 9.79 Å². The Labute approximate surface area is 143 Å². The number of nitrogens with zero attached hydrogens (tertiary/aromatic N) is 1. The summed E-state index contributed by atoms with van der Waals surface area (Å²) in [7, 11) is -7.89. The number of rotatable bonds is 4. The predicted molar refractivity (Wildman–Crippen MR) is 88.5 cm³/mol. The van der Waals surface area contributed by atoms with Gasteiger partial charge in [0.2, 0.25) is 0 Å². The second kappa shape index (κ2) is 5.76. The average Bonchev–Trinajstić information content (AvgIpc) is 2.87. The smallest absolute Gasteiger partial charge is 0.339 e. The van der Waals surface area contributed by atoms with Gasteiger partial charge in [-0.25, -0.2) is 8.42 Å². The van der Waals surface area contributed by atoms with E-state index < -0.39 is 20.0 Å². The molecule has 126 valence electrons. The van der Waals surface area contributed by atoms with Gasteiger partial charge in [-0.2, -0.15) is 13.5 Å². The monoisotopic (exact) mass is 386 g/mol. The minimum atomic E-state index is -4.25. The van der Waals surface area contributed by atoms with Crippen molar-refractivity contribution in [3.05, 3.63) is 47.6 Å². The van der Waals surface area contributed by atoms with Crippen LogP contribution in [0.2, 0.25) is 5.15 Å². The second-order valence-corrected chi connectivity index (χ2v) is 8.88. The molecular weight excluding hydrogens is 376 g/mol. The quantitative estimate of drug-likeness (QED) is 0.690. The lowest BCUT2D eigenvalue weighted by Crippen LogP contribution is -2.12. The van der Waals surface area contributed by atoms with Crippen molar-refractivity contribution < 1.29 is 21.0 Å². The Kier molecular flexibility index (Phi) is 4.02. The van der Waals surface area contributed by atoms with Gasteiger partial charge in [0.05, 0.1) is 5.52 Å². The predicted octanol–water partition coefficient (Wildman–Crippen LogP) is 2.39. The van der Waals surface area contributed by atoms with Crippen molar-refractivity contribution in [3.8, 4) is 5.75 Å². The maximum absolute atomic E-state index is 12.5. The van der Waals surface area contributed by atoms with Gasteiger partial charge in [0, 0.05) is 11.6 Å². The van der Waals surface area contributed by atoms with E-state index in [9.17, 15) is 16.8 Å². The fourth-order valence-electron chi connectivity index (χ4n) is 2.11. The number of H-pyrrole nitrogens is 1. The van der Waals surface area contributed by atoms with E-state index >= 15 is 0 Å². The normalized spacial score (nSPS) is 12.4. The first-order valence-corrected chi connectivity index (χ1v) is 10.2. The fraction of sp³-hybridized carbons (Fsp3) is 0.0714. The molecule has 24 heavy (non-hydrogen) atoms. The highest BCUT2D eigenvalue weighted by Gasteiger charge is 2.22. The van der Waals surface area contributed by atoms with E-state index in [1.165, 1.54) is 42.5 Å². The average molecular weight is 387 g/mol. The number of aromatic amines is 1. The van der Waals surface area contributed by atoms with Gasteiger partial charge in [-0.05, 0) is 30.3 Å². The third-order valence-corrected chi connectivity index (χ3v) is 5.87. The molecule has 1 aromatic heterocycles. The molecule has 3 aromatic rings. The first-order chi connectivity index (χ1) is 11.2. The summed E-state index contributed by atoms with van der Waals surface area (Å²) >= 11 is 5.91. The highest BCUT2D eigenvalue weighted by Crippen LogP contribution is 2.29.